The third-order valence-corrected chi connectivity index (χ3v) is 6.38. The fourth-order valence-corrected chi connectivity index (χ4v) is 5.11. The molecule has 1 heterocycles. The number of hydrogen-bond acceptors (Lipinski definition) is 4. The van der Waals surface area contributed by atoms with Crippen LogP contribution in [0.1, 0.15) is 30.4 Å². The molecule has 2 aromatic carbocycles. The van der Waals surface area contributed by atoms with Crippen LogP contribution in [0.15, 0.2) is 48.5 Å². The Morgan fingerprint density at radius 1 is 1.07 bits per heavy atom. The number of para-hydroxylation sites is 1. The summed E-state index contributed by atoms with van der Waals surface area (Å²) in [4.78, 5) is 2.48. The van der Waals surface area contributed by atoms with Crippen LogP contribution in [0.25, 0.3) is 0 Å². The summed E-state index contributed by atoms with van der Waals surface area (Å²) >= 11 is 0. The zero-order chi connectivity index (χ0) is 18.9. The Morgan fingerprint density at radius 3 is 2.74 bits per heavy atom. The molecule has 1 aliphatic heterocycles. The SMILES string of the molecule is COc1cccc(CN2C[C@@H]3CCC[C@](O)(c4ccccc4OC)[C@H]3C2)c1. The van der Waals surface area contributed by atoms with Crippen LogP contribution < -0.4 is 9.47 Å². The van der Waals surface area contributed by atoms with Crippen molar-refractivity contribution >= 4 is 0 Å². The van der Waals surface area contributed by atoms with Crippen LogP contribution in [-0.4, -0.2) is 37.3 Å². The van der Waals surface area contributed by atoms with Crippen molar-refractivity contribution in [1.82, 2.24) is 4.90 Å². The van der Waals surface area contributed by atoms with E-state index in [9.17, 15) is 5.11 Å². The number of hydrogen-bond donors (Lipinski definition) is 1. The quantitative estimate of drug-likeness (QED) is 0.872. The molecule has 1 saturated heterocycles. The van der Waals surface area contributed by atoms with Gasteiger partial charge in [-0.1, -0.05) is 30.3 Å². The first kappa shape index (κ1) is 18.3. The first-order valence-electron chi connectivity index (χ1n) is 9.85. The number of rotatable bonds is 5. The molecule has 1 N–H and O–H groups in total. The van der Waals surface area contributed by atoms with Crippen LogP contribution in [-0.2, 0) is 12.1 Å². The lowest BCUT2D eigenvalue weighted by atomic mass is 9.67. The number of aliphatic hydroxyl groups is 1. The van der Waals surface area contributed by atoms with Crippen molar-refractivity contribution in [1.29, 1.82) is 0 Å². The van der Waals surface area contributed by atoms with Gasteiger partial charge in [0.15, 0.2) is 0 Å². The number of methoxy groups -OCH3 is 2. The number of ether oxygens (including phenoxy) is 2. The molecule has 2 fully saturated rings. The van der Waals surface area contributed by atoms with Crippen molar-refractivity contribution in [2.75, 3.05) is 27.3 Å². The van der Waals surface area contributed by atoms with Crippen molar-refractivity contribution in [3.63, 3.8) is 0 Å². The molecule has 0 aromatic heterocycles. The Bertz CT molecular complexity index is 793. The molecule has 1 aliphatic carbocycles. The lowest BCUT2D eigenvalue weighted by molar-refractivity contribution is -0.0662. The number of nitrogens with zero attached hydrogens (tertiary/aromatic N) is 1. The summed E-state index contributed by atoms with van der Waals surface area (Å²) in [6.45, 7) is 2.85. The second-order valence-corrected chi connectivity index (χ2v) is 7.93. The molecule has 2 aliphatic rings. The van der Waals surface area contributed by atoms with E-state index in [2.05, 4.69) is 17.0 Å². The Balaban J connectivity index is 1.56. The third kappa shape index (κ3) is 3.44. The Hall–Kier alpha value is -2.04. The molecule has 2 aromatic rings. The first-order valence-corrected chi connectivity index (χ1v) is 9.85. The van der Waals surface area contributed by atoms with E-state index in [1.54, 1.807) is 14.2 Å². The maximum atomic E-state index is 11.8. The third-order valence-electron chi connectivity index (χ3n) is 6.38. The second-order valence-electron chi connectivity index (χ2n) is 7.93. The van der Waals surface area contributed by atoms with Crippen LogP contribution >= 0.6 is 0 Å². The van der Waals surface area contributed by atoms with Gasteiger partial charge in [0.25, 0.3) is 0 Å². The molecule has 144 valence electrons. The zero-order valence-corrected chi connectivity index (χ0v) is 16.2. The van der Waals surface area contributed by atoms with Gasteiger partial charge in [0.1, 0.15) is 11.5 Å². The smallest absolute Gasteiger partial charge is 0.124 e. The largest absolute Gasteiger partial charge is 0.497 e. The minimum atomic E-state index is -0.807. The van der Waals surface area contributed by atoms with E-state index in [0.29, 0.717) is 5.92 Å². The summed E-state index contributed by atoms with van der Waals surface area (Å²) in [7, 11) is 3.39. The highest BCUT2D eigenvalue weighted by molar-refractivity contribution is 5.39. The predicted octanol–water partition coefficient (Wildman–Crippen LogP) is 3.82. The monoisotopic (exact) mass is 367 g/mol. The summed E-state index contributed by atoms with van der Waals surface area (Å²) in [5, 5.41) is 11.8. The van der Waals surface area contributed by atoms with Crippen molar-refractivity contribution in [3.05, 3.63) is 59.7 Å². The van der Waals surface area contributed by atoms with E-state index in [4.69, 9.17) is 9.47 Å². The van der Waals surface area contributed by atoms with E-state index in [1.165, 1.54) is 12.0 Å². The average Bonchev–Trinajstić information content (AvgIpc) is 3.12. The van der Waals surface area contributed by atoms with E-state index < -0.39 is 5.60 Å². The topological polar surface area (TPSA) is 41.9 Å². The highest BCUT2D eigenvalue weighted by atomic mass is 16.5. The van der Waals surface area contributed by atoms with Gasteiger partial charge in [-0.05, 0) is 48.9 Å². The van der Waals surface area contributed by atoms with Crippen LogP contribution in [0, 0.1) is 11.8 Å². The van der Waals surface area contributed by atoms with Crippen molar-refractivity contribution < 1.29 is 14.6 Å². The Kier molecular flexibility index (Phi) is 5.11. The van der Waals surface area contributed by atoms with Gasteiger partial charge in [0.05, 0.1) is 19.8 Å². The molecule has 3 atom stereocenters. The van der Waals surface area contributed by atoms with Gasteiger partial charge >= 0.3 is 0 Å². The fourth-order valence-electron chi connectivity index (χ4n) is 5.11. The van der Waals surface area contributed by atoms with Crippen molar-refractivity contribution in [3.8, 4) is 11.5 Å². The van der Waals surface area contributed by atoms with E-state index in [-0.39, 0.29) is 5.92 Å². The van der Waals surface area contributed by atoms with Crippen molar-refractivity contribution in [2.24, 2.45) is 11.8 Å². The second kappa shape index (κ2) is 7.53. The minimum Gasteiger partial charge on any atom is -0.497 e. The summed E-state index contributed by atoms with van der Waals surface area (Å²) in [6.07, 6.45) is 3.06. The summed E-state index contributed by atoms with van der Waals surface area (Å²) in [6, 6.07) is 16.2. The van der Waals surface area contributed by atoms with Crippen LogP contribution in [0.2, 0.25) is 0 Å². The summed E-state index contributed by atoms with van der Waals surface area (Å²) in [5.41, 5.74) is 1.40. The molecular weight excluding hydrogens is 338 g/mol. The first-order chi connectivity index (χ1) is 13.1. The highest BCUT2D eigenvalue weighted by Gasteiger charge is 2.50. The van der Waals surface area contributed by atoms with Gasteiger partial charge in [-0.3, -0.25) is 4.90 Å². The van der Waals surface area contributed by atoms with Crippen molar-refractivity contribution in [2.45, 2.75) is 31.4 Å². The summed E-state index contributed by atoms with van der Waals surface area (Å²) in [5.74, 6) is 2.47. The lowest BCUT2D eigenvalue weighted by Crippen LogP contribution is -2.43. The molecule has 4 rings (SSSR count). The predicted molar refractivity (Wildman–Crippen MR) is 106 cm³/mol. The molecule has 27 heavy (non-hydrogen) atoms. The zero-order valence-electron chi connectivity index (χ0n) is 16.2. The fraction of sp³-hybridized carbons (Fsp3) is 0.478. The van der Waals surface area contributed by atoms with Gasteiger partial charge in [-0.2, -0.15) is 0 Å². The molecule has 0 bridgehead atoms. The van der Waals surface area contributed by atoms with Gasteiger partial charge in [0, 0.05) is 31.1 Å². The standard InChI is InChI=1S/C23H29NO3/c1-26-19-9-5-7-17(13-19)14-24-15-18-8-6-12-23(25,21(18)16-24)20-10-3-4-11-22(20)27-2/h3-5,7,9-11,13,18,21,25H,6,8,12,14-16H2,1-2H3/t18-,21-,23-/m0/s1. The van der Waals surface area contributed by atoms with E-state index in [0.717, 1.165) is 49.5 Å². The van der Waals surface area contributed by atoms with Crippen LogP contribution in [0.3, 0.4) is 0 Å². The molecule has 1 saturated carbocycles. The Labute approximate surface area is 161 Å². The molecule has 4 heteroatoms. The lowest BCUT2D eigenvalue weighted by Gasteiger charge is -2.42. The molecule has 4 nitrogen and oxygen atoms in total. The number of fused-ring (bicyclic) bond motifs is 1. The maximum Gasteiger partial charge on any atom is 0.124 e. The van der Waals surface area contributed by atoms with E-state index >= 15 is 0 Å². The molecule has 0 radical (unpaired) electrons. The van der Waals surface area contributed by atoms with Gasteiger partial charge in [-0.15, -0.1) is 0 Å². The molecule has 0 unspecified atom stereocenters. The van der Waals surface area contributed by atoms with Gasteiger partial charge in [-0.25, -0.2) is 0 Å². The number of benzene rings is 2. The molecule has 0 spiro atoms. The molecule has 0 amide bonds. The normalized spacial score (nSPS) is 28.0. The van der Waals surface area contributed by atoms with Crippen LogP contribution in [0.4, 0.5) is 0 Å². The average molecular weight is 367 g/mol. The number of likely N-dealkylation sites (tertiary alicyclic amines) is 1. The molecular formula is C23H29NO3. The Morgan fingerprint density at radius 2 is 1.93 bits per heavy atom. The van der Waals surface area contributed by atoms with Gasteiger partial charge in [0.2, 0.25) is 0 Å². The highest BCUT2D eigenvalue weighted by Crippen LogP contribution is 2.50. The van der Waals surface area contributed by atoms with E-state index in [1.807, 2.05) is 36.4 Å². The summed E-state index contributed by atoms with van der Waals surface area (Å²) < 4.78 is 10.9. The minimum absolute atomic E-state index is 0.244. The van der Waals surface area contributed by atoms with Gasteiger partial charge < -0.3 is 14.6 Å². The maximum absolute atomic E-state index is 11.8. The van der Waals surface area contributed by atoms with Crippen LogP contribution in [0.5, 0.6) is 11.5 Å².